The zero-order valence-corrected chi connectivity index (χ0v) is 15.1. The van der Waals surface area contributed by atoms with E-state index in [1.807, 2.05) is 13.8 Å². The minimum absolute atomic E-state index is 0.0345. The number of hydrogen-bond acceptors (Lipinski definition) is 10. The van der Waals surface area contributed by atoms with Crippen molar-refractivity contribution in [3.05, 3.63) is 12.7 Å². The maximum Gasteiger partial charge on any atom is 0.323 e. The third-order valence-corrected chi connectivity index (χ3v) is 4.92. The number of carbonyl (C=O) groups is 1. The summed E-state index contributed by atoms with van der Waals surface area (Å²) in [4.78, 5) is 24.1. The molecule has 0 bridgehead atoms. The van der Waals surface area contributed by atoms with Crippen molar-refractivity contribution in [2.45, 2.75) is 50.8 Å². The lowest BCUT2D eigenvalue weighted by Crippen LogP contribution is -2.40. The Kier molecular flexibility index (Phi) is 5.56. The molecule has 2 aromatic rings. The van der Waals surface area contributed by atoms with E-state index >= 15 is 0 Å². The van der Waals surface area contributed by atoms with E-state index < -0.39 is 36.6 Å². The molecule has 6 N–H and O–H groups in total. The van der Waals surface area contributed by atoms with Crippen LogP contribution < -0.4 is 11.5 Å². The number of aromatic nitrogens is 4. The van der Waals surface area contributed by atoms with E-state index in [2.05, 4.69) is 15.0 Å². The summed E-state index contributed by atoms with van der Waals surface area (Å²) in [6.45, 7) is 3.54. The Balaban J connectivity index is 1.70. The van der Waals surface area contributed by atoms with Crippen molar-refractivity contribution >= 4 is 23.0 Å². The fourth-order valence-corrected chi connectivity index (χ4v) is 2.90. The number of ether oxygens (including phenoxy) is 2. The number of carbonyl (C=O) groups excluding carboxylic acids is 1. The number of fused-ring (bicyclic) bond motifs is 1. The van der Waals surface area contributed by atoms with E-state index in [-0.39, 0.29) is 18.3 Å². The molecular formula is C16H24N6O5. The smallest absolute Gasteiger partial charge is 0.323 e. The van der Waals surface area contributed by atoms with Gasteiger partial charge in [0.15, 0.2) is 17.7 Å². The number of nitrogens with zero attached hydrogens (tertiary/aromatic N) is 4. The fraction of sp³-hybridized carbons (Fsp3) is 0.625. The molecule has 1 saturated heterocycles. The van der Waals surface area contributed by atoms with Crippen molar-refractivity contribution in [2.24, 2.45) is 11.7 Å². The minimum atomic E-state index is -1.27. The fourth-order valence-electron chi connectivity index (χ4n) is 2.90. The molecule has 0 aliphatic carbocycles. The molecule has 6 atom stereocenters. The van der Waals surface area contributed by atoms with Gasteiger partial charge in [-0.2, -0.15) is 0 Å². The van der Waals surface area contributed by atoms with E-state index in [0.29, 0.717) is 11.2 Å². The molecule has 0 aromatic carbocycles. The molecule has 3 rings (SSSR count). The number of esters is 1. The molecule has 1 aliphatic heterocycles. The molecule has 0 radical (unpaired) electrons. The van der Waals surface area contributed by atoms with Crippen LogP contribution in [-0.4, -0.2) is 66.7 Å². The Hall–Kier alpha value is -2.34. The van der Waals surface area contributed by atoms with Gasteiger partial charge in [-0.05, 0) is 5.92 Å². The molecule has 3 heterocycles. The molecule has 0 spiro atoms. The predicted molar refractivity (Wildman–Crippen MR) is 94.0 cm³/mol. The lowest BCUT2D eigenvalue weighted by atomic mass is 10.0. The molecular weight excluding hydrogens is 356 g/mol. The Morgan fingerprint density at radius 1 is 1.37 bits per heavy atom. The van der Waals surface area contributed by atoms with Crippen molar-refractivity contribution in [1.29, 1.82) is 0 Å². The van der Waals surface area contributed by atoms with E-state index in [9.17, 15) is 15.0 Å². The largest absolute Gasteiger partial charge is 0.462 e. The second-order valence-electron chi connectivity index (χ2n) is 6.67. The quantitative estimate of drug-likeness (QED) is 0.453. The second-order valence-corrected chi connectivity index (χ2v) is 6.67. The maximum absolute atomic E-state index is 12.0. The highest BCUT2D eigenvalue weighted by molar-refractivity contribution is 5.81. The number of rotatable bonds is 6. The van der Waals surface area contributed by atoms with Gasteiger partial charge in [0.05, 0.1) is 6.33 Å². The summed E-state index contributed by atoms with van der Waals surface area (Å²) in [5.41, 5.74) is 12.3. The van der Waals surface area contributed by atoms with Crippen LogP contribution in [-0.2, 0) is 14.3 Å². The Bertz CT molecular complexity index is 814. The zero-order chi connectivity index (χ0) is 19.7. The van der Waals surface area contributed by atoms with Crippen molar-refractivity contribution in [2.75, 3.05) is 12.3 Å². The van der Waals surface area contributed by atoms with Crippen molar-refractivity contribution in [3.63, 3.8) is 0 Å². The Morgan fingerprint density at radius 3 is 2.81 bits per heavy atom. The van der Waals surface area contributed by atoms with Gasteiger partial charge in [0, 0.05) is 0 Å². The lowest BCUT2D eigenvalue weighted by Gasteiger charge is -2.19. The first kappa shape index (κ1) is 19.4. The molecule has 11 nitrogen and oxygen atoms in total. The summed E-state index contributed by atoms with van der Waals surface area (Å²) >= 11 is 0. The molecule has 0 unspecified atom stereocenters. The first-order valence-corrected chi connectivity index (χ1v) is 8.72. The van der Waals surface area contributed by atoms with Gasteiger partial charge in [0.2, 0.25) is 0 Å². The lowest BCUT2D eigenvalue weighted by molar-refractivity contribution is -0.152. The number of anilines is 1. The number of aliphatic hydroxyl groups excluding tert-OH is 2. The first-order chi connectivity index (χ1) is 12.8. The highest BCUT2D eigenvalue weighted by atomic mass is 16.6. The van der Waals surface area contributed by atoms with Crippen LogP contribution in [0.4, 0.5) is 5.82 Å². The monoisotopic (exact) mass is 380 g/mol. The molecule has 1 fully saturated rings. The highest BCUT2D eigenvalue weighted by Gasteiger charge is 2.45. The normalized spacial score (nSPS) is 27.6. The van der Waals surface area contributed by atoms with Crippen molar-refractivity contribution in [1.82, 2.24) is 19.5 Å². The SMILES string of the molecule is CC[C@H](C)[C@H](N)C(=O)OC[C@H]1O[C@@H](n2cnc3c(N)ncnc32)[C@@H](O)[C@@H]1O. The van der Waals surface area contributed by atoms with Gasteiger partial charge in [0.25, 0.3) is 0 Å². The average Bonchev–Trinajstić information content (AvgIpc) is 3.21. The van der Waals surface area contributed by atoms with Crippen molar-refractivity contribution < 1.29 is 24.5 Å². The van der Waals surface area contributed by atoms with E-state index in [4.69, 9.17) is 20.9 Å². The molecule has 148 valence electrons. The van der Waals surface area contributed by atoms with Crippen LogP contribution in [0, 0.1) is 5.92 Å². The molecule has 1 aliphatic rings. The van der Waals surface area contributed by atoms with E-state index in [1.54, 1.807) is 0 Å². The van der Waals surface area contributed by atoms with Gasteiger partial charge in [-0.25, -0.2) is 15.0 Å². The first-order valence-electron chi connectivity index (χ1n) is 8.72. The molecule has 0 amide bonds. The summed E-state index contributed by atoms with van der Waals surface area (Å²) in [5, 5.41) is 20.6. The predicted octanol–water partition coefficient (Wildman–Crippen LogP) is -1.06. The van der Waals surface area contributed by atoms with Gasteiger partial charge < -0.3 is 31.2 Å². The number of imidazole rings is 1. The van der Waals surface area contributed by atoms with Crippen LogP contribution in [0.1, 0.15) is 26.5 Å². The van der Waals surface area contributed by atoms with Gasteiger partial charge >= 0.3 is 5.97 Å². The third-order valence-electron chi connectivity index (χ3n) is 4.92. The van der Waals surface area contributed by atoms with E-state index in [0.717, 1.165) is 6.42 Å². The third kappa shape index (κ3) is 3.58. The Morgan fingerprint density at radius 2 is 2.11 bits per heavy atom. The van der Waals surface area contributed by atoms with Gasteiger partial charge in [-0.1, -0.05) is 20.3 Å². The topological polar surface area (TPSA) is 172 Å². The molecule has 2 aromatic heterocycles. The van der Waals surface area contributed by atoms with Crippen LogP contribution in [0.5, 0.6) is 0 Å². The molecule has 0 saturated carbocycles. The second kappa shape index (κ2) is 7.72. The van der Waals surface area contributed by atoms with Gasteiger partial charge in [-0.15, -0.1) is 0 Å². The standard InChI is InChI=1S/C16H24N6O5/c1-3-7(2)9(17)16(25)26-4-8-11(23)12(24)15(27-8)22-6-21-10-13(18)19-5-20-14(10)22/h5-9,11-12,15,23-24H,3-4,17H2,1-2H3,(H2,18,19,20)/t7-,8+,9-,11+,12-,15+/m0/s1. The number of aliphatic hydroxyl groups is 2. The van der Waals surface area contributed by atoms with Crippen LogP contribution >= 0.6 is 0 Å². The summed E-state index contributed by atoms with van der Waals surface area (Å²) in [6.07, 6.45) is -1.03. The van der Waals surface area contributed by atoms with Crippen LogP contribution in [0.3, 0.4) is 0 Å². The Labute approximate surface area is 155 Å². The summed E-state index contributed by atoms with van der Waals surface area (Å²) in [7, 11) is 0. The molecule has 27 heavy (non-hydrogen) atoms. The van der Waals surface area contributed by atoms with E-state index in [1.165, 1.54) is 17.2 Å². The summed E-state index contributed by atoms with van der Waals surface area (Å²) in [5.74, 6) is -0.421. The van der Waals surface area contributed by atoms with Crippen molar-refractivity contribution in [3.8, 4) is 0 Å². The molecule has 11 heteroatoms. The van der Waals surface area contributed by atoms with Gasteiger partial charge in [0.1, 0.15) is 42.8 Å². The number of hydrogen-bond donors (Lipinski definition) is 4. The summed E-state index contributed by atoms with van der Waals surface area (Å²) in [6, 6.07) is -0.758. The minimum Gasteiger partial charge on any atom is -0.462 e. The highest BCUT2D eigenvalue weighted by Crippen LogP contribution is 2.32. The maximum atomic E-state index is 12.0. The summed E-state index contributed by atoms with van der Waals surface area (Å²) < 4.78 is 12.3. The van der Waals surface area contributed by atoms with Crippen LogP contribution in [0.2, 0.25) is 0 Å². The van der Waals surface area contributed by atoms with Crippen LogP contribution in [0.25, 0.3) is 11.2 Å². The van der Waals surface area contributed by atoms with Gasteiger partial charge in [-0.3, -0.25) is 9.36 Å². The van der Waals surface area contributed by atoms with Crippen LogP contribution in [0.15, 0.2) is 12.7 Å². The number of nitrogens with two attached hydrogens (primary N) is 2. The zero-order valence-electron chi connectivity index (χ0n) is 15.1. The number of nitrogen functional groups attached to an aromatic ring is 1. The average molecular weight is 380 g/mol.